The van der Waals surface area contributed by atoms with Crippen molar-refractivity contribution in [3.05, 3.63) is 107 Å². The summed E-state index contributed by atoms with van der Waals surface area (Å²) in [6, 6.07) is 20.6. The zero-order chi connectivity index (χ0) is 28.6. The molecule has 3 aromatic carbocycles. The standard InChI is InChI=1S/C29H26F6N2O2/c1-19-15-23-17-24(27(39,28(30,31)32)29(33,34)35)11-12-25(23)37(19)18-21-9-6-10-22(16-21)26(38)36(2)14-13-20-7-4-3-5-8-20/h3-12,15-17,39H,13-14,18H2,1-2H3. The zero-order valence-electron chi connectivity index (χ0n) is 21.1. The molecule has 1 amide bonds. The fourth-order valence-electron chi connectivity index (χ4n) is 4.58. The van der Waals surface area contributed by atoms with Crippen LogP contribution in [0.15, 0.2) is 78.9 Å². The number of carbonyl (C=O) groups excluding carboxylic acids is 1. The van der Waals surface area contributed by atoms with Crippen LogP contribution in [0.2, 0.25) is 0 Å². The van der Waals surface area contributed by atoms with Crippen LogP contribution in [0.5, 0.6) is 0 Å². The maximum atomic E-state index is 13.3. The lowest BCUT2D eigenvalue weighted by molar-refractivity contribution is -0.376. The Balaban J connectivity index is 1.58. The fourth-order valence-corrected chi connectivity index (χ4v) is 4.58. The summed E-state index contributed by atoms with van der Waals surface area (Å²) < 4.78 is 81.8. The molecule has 0 unspecified atom stereocenters. The highest BCUT2D eigenvalue weighted by Gasteiger charge is 2.71. The summed E-state index contributed by atoms with van der Waals surface area (Å²) in [6.07, 6.45) is -11.2. The van der Waals surface area contributed by atoms with Gasteiger partial charge in [-0.15, -0.1) is 0 Å². The number of carbonyl (C=O) groups is 1. The van der Waals surface area contributed by atoms with Crippen LogP contribution in [0.25, 0.3) is 10.9 Å². The Morgan fingerprint density at radius 2 is 1.49 bits per heavy atom. The Morgan fingerprint density at radius 3 is 2.13 bits per heavy atom. The van der Waals surface area contributed by atoms with Crippen molar-refractivity contribution < 1.29 is 36.2 Å². The lowest BCUT2D eigenvalue weighted by Gasteiger charge is -2.32. The number of benzene rings is 3. The van der Waals surface area contributed by atoms with Gasteiger partial charge in [-0.2, -0.15) is 26.3 Å². The van der Waals surface area contributed by atoms with Crippen LogP contribution >= 0.6 is 0 Å². The predicted molar refractivity (Wildman–Crippen MR) is 135 cm³/mol. The summed E-state index contributed by atoms with van der Waals surface area (Å²) in [5.41, 5.74) is -3.04. The number of hydrogen-bond acceptors (Lipinski definition) is 2. The van der Waals surface area contributed by atoms with E-state index >= 15 is 0 Å². The van der Waals surface area contributed by atoms with E-state index in [1.807, 2.05) is 30.3 Å². The molecule has 0 aliphatic carbocycles. The Hall–Kier alpha value is -3.79. The lowest BCUT2D eigenvalue weighted by Crippen LogP contribution is -2.53. The van der Waals surface area contributed by atoms with Crippen LogP contribution in [-0.2, 0) is 18.6 Å². The number of aliphatic hydroxyl groups is 1. The molecule has 0 atom stereocenters. The van der Waals surface area contributed by atoms with Crippen molar-refractivity contribution in [1.82, 2.24) is 9.47 Å². The SMILES string of the molecule is Cc1cc2cc(C(O)(C(F)(F)F)C(F)(F)F)ccc2n1Cc1cccc(C(=O)N(C)CCc2ccccc2)c1. The molecule has 39 heavy (non-hydrogen) atoms. The maximum absolute atomic E-state index is 13.3. The van der Waals surface area contributed by atoms with Crippen molar-refractivity contribution in [3.8, 4) is 0 Å². The first-order valence-corrected chi connectivity index (χ1v) is 12.1. The van der Waals surface area contributed by atoms with E-state index in [1.54, 1.807) is 47.7 Å². The number of halogens is 6. The van der Waals surface area contributed by atoms with E-state index in [0.717, 1.165) is 17.2 Å². The van der Waals surface area contributed by atoms with Gasteiger partial charge < -0.3 is 14.6 Å². The van der Waals surface area contributed by atoms with E-state index in [2.05, 4.69) is 0 Å². The van der Waals surface area contributed by atoms with Crippen LogP contribution in [0.4, 0.5) is 26.3 Å². The molecule has 1 heterocycles. The molecule has 4 rings (SSSR count). The molecule has 0 saturated heterocycles. The van der Waals surface area contributed by atoms with Gasteiger partial charge in [0, 0.05) is 47.9 Å². The van der Waals surface area contributed by atoms with Gasteiger partial charge in [-0.3, -0.25) is 4.79 Å². The van der Waals surface area contributed by atoms with E-state index < -0.39 is 23.5 Å². The predicted octanol–water partition coefficient (Wildman–Crippen LogP) is 6.62. The molecule has 0 aliphatic rings. The van der Waals surface area contributed by atoms with E-state index in [-0.39, 0.29) is 17.8 Å². The molecule has 1 aromatic heterocycles. The van der Waals surface area contributed by atoms with E-state index in [4.69, 9.17) is 0 Å². The first kappa shape index (κ1) is 28.2. The smallest absolute Gasteiger partial charge is 0.369 e. The van der Waals surface area contributed by atoms with Crippen molar-refractivity contribution in [1.29, 1.82) is 0 Å². The monoisotopic (exact) mass is 548 g/mol. The quantitative estimate of drug-likeness (QED) is 0.264. The van der Waals surface area contributed by atoms with E-state index in [0.29, 0.717) is 41.9 Å². The van der Waals surface area contributed by atoms with Gasteiger partial charge in [0.05, 0.1) is 0 Å². The maximum Gasteiger partial charge on any atom is 0.430 e. The first-order valence-electron chi connectivity index (χ1n) is 12.1. The van der Waals surface area contributed by atoms with Crippen LogP contribution in [0, 0.1) is 6.92 Å². The number of likely N-dealkylation sites (N-methyl/N-ethyl adjacent to an activating group) is 1. The molecule has 1 N–H and O–H groups in total. The molecule has 0 radical (unpaired) electrons. The highest BCUT2D eigenvalue weighted by molar-refractivity contribution is 5.94. The number of rotatable bonds is 7. The summed E-state index contributed by atoms with van der Waals surface area (Å²) in [5, 5.41) is 9.88. The van der Waals surface area contributed by atoms with Crippen LogP contribution in [0.1, 0.15) is 32.7 Å². The van der Waals surface area contributed by atoms with Crippen molar-refractivity contribution in [2.45, 2.75) is 37.8 Å². The first-order chi connectivity index (χ1) is 18.2. The minimum atomic E-state index is -5.96. The Bertz CT molecular complexity index is 1460. The number of alkyl halides is 6. The van der Waals surface area contributed by atoms with Gasteiger partial charge in [-0.25, -0.2) is 0 Å². The highest BCUT2D eigenvalue weighted by atomic mass is 19.4. The van der Waals surface area contributed by atoms with E-state index in [9.17, 15) is 36.2 Å². The number of nitrogens with zero attached hydrogens (tertiary/aromatic N) is 2. The summed E-state index contributed by atoms with van der Waals surface area (Å²) >= 11 is 0. The molecule has 0 saturated carbocycles. The number of amides is 1. The molecule has 0 bridgehead atoms. The molecule has 10 heteroatoms. The second kappa shape index (κ2) is 10.4. The van der Waals surface area contributed by atoms with Gasteiger partial charge >= 0.3 is 12.4 Å². The van der Waals surface area contributed by atoms with Crippen molar-refractivity contribution in [2.24, 2.45) is 0 Å². The van der Waals surface area contributed by atoms with Crippen molar-refractivity contribution in [3.63, 3.8) is 0 Å². The average Bonchev–Trinajstić information content (AvgIpc) is 3.19. The van der Waals surface area contributed by atoms with E-state index in [1.165, 1.54) is 6.07 Å². The third-order valence-electron chi connectivity index (χ3n) is 6.79. The minimum absolute atomic E-state index is 0.116. The van der Waals surface area contributed by atoms with Gasteiger partial charge in [0.15, 0.2) is 0 Å². The molecule has 0 spiro atoms. The molecule has 0 fully saturated rings. The minimum Gasteiger partial charge on any atom is -0.369 e. The van der Waals surface area contributed by atoms with Crippen LogP contribution < -0.4 is 0 Å². The number of aryl methyl sites for hydroxylation is 1. The molecule has 4 aromatic rings. The summed E-state index contributed by atoms with van der Waals surface area (Å²) in [4.78, 5) is 14.6. The Kier molecular flexibility index (Phi) is 7.53. The number of hydrogen-bond donors (Lipinski definition) is 1. The topological polar surface area (TPSA) is 45.5 Å². The molecule has 4 nitrogen and oxygen atoms in total. The average molecular weight is 549 g/mol. The third-order valence-corrected chi connectivity index (χ3v) is 6.79. The van der Waals surface area contributed by atoms with Crippen molar-refractivity contribution >= 4 is 16.8 Å². The normalized spacial score (nSPS) is 12.6. The number of fused-ring (bicyclic) bond motifs is 1. The molecule has 206 valence electrons. The van der Waals surface area contributed by atoms with Gasteiger partial charge in [0.1, 0.15) is 0 Å². The van der Waals surface area contributed by atoms with Crippen LogP contribution in [-0.4, -0.2) is 46.4 Å². The van der Waals surface area contributed by atoms with Gasteiger partial charge in [-0.1, -0.05) is 48.5 Å². The fraction of sp³-hybridized carbons (Fsp3) is 0.276. The summed E-state index contributed by atoms with van der Waals surface area (Å²) in [5.74, 6) is -0.176. The zero-order valence-corrected chi connectivity index (χ0v) is 21.1. The van der Waals surface area contributed by atoms with Gasteiger partial charge in [-0.05, 0) is 54.8 Å². The summed E-state index contributed by atoms with van der Waals surface area (Å²) in [7, 11) is 1.71. The second-order valence-corrected chi connectivity index (χ2v) is 9.51. The highest BCUT2D eigenvalue weighted by Crippen LogP contribution is 2.50. The second-order valence-electron chi connectivity index (χ2n) is 9.51. The van der Waals surface area contributed by atoms with Crippen LogP contribution in [0.3, 0.4) is 0 Å². The molecular formula is C29H26F6N2O2. The summed E-state index contributed by atoms with van der Waals surface area (Å²) in [6.45, 7) is 2.41. The molecule has 0 aliphatic heterocycles. The largest absolute Gasteiger partial charge is 0.430 e. The molecular weight excluding hydrogens is 522 g/mol. The third kappa shape index (κ3) is 5.52. The lowest BCUT2D eigenvalue weighted by atomic mass is 9.91. The van der Waals surface area contributed by atoms with Gasteiger partial charge in [0.25, 0.3) is 11.5 Å². The van der Waals surface area contributed by atoms with Crippen molar-refractivity contribution in [2.75, 3.05) is 13.6 Å². The Labute approximate surface area is 221 Å². The van der Waals surface area contributed by atoms with Gasteiger partial charge in [0.2, 0.25) is 0 Å². The number of aromatic nitrogens is 1. The Morgan fingerprint density at radius 1 is 0.846 bits per heavy atom.